The Balaban J connectivity index is 0.000000165. The second-order valence-corrected chi connectivity index (χ2v) is 15.7. The number of rotatable bonds is 5. The van der Waals surface area contributed by atoms with Crippen LogP contribution in [0.15, 0.2) is 152 Å². The Hall–Kier alpha value is -2.85. The number of halogens is 1. The summed E-state index contributed by atoms with van der Waals surface area (Å²) in [5.41, 5.74) is 0. The molecule has 0 spiro atoms. The summed E-state index contributed by atoms with van der Waals surface area (Å²) in [7, 11) is 5.62. The Labute approximate surface area is 207 Å². The monoisotopic (exact) mass is 522 g/mol. The maximum Gasteiger partial charge on any atom is 0.154 e. The van der Waals surface area contributed by atoms with E-state index in [1.54, 1.807) is 0 Å². The van der Waals surface area contributed by atoms with Gasteiger partial charge < -0.3 is 0 Å². The van der Waals surface area contributed by atoms with Crippen molar-refractivity contribution in [2.75, 3.05) is 0 Å². The van der Waals surface area contributed by atoms with Crippen molar-refractivity contribution in [2.45, 2.75) is 0 Å². The molecule has 0 aromatic heterocycles. The van der Waals surface area contributed by atoms with Gasteiger partial charge in [0.25, 0.3) is 0 Å². The van der Waals surface area contributed by atoms with Crippen molar-refractivity contribution in [2.24, 2.45) is 0 Å². The maximum absolute atomic E-state index is 6.50. The summed E-state index contributed by atoms with van der Waals surface area (Å²) in [5.74, 6) is 0. The van der Waals surface area contributed by atoms with E-state index in [1.807, 2.05) is 36.4 Å². The molecule has 0 bridgehead atoms. The van der Waals surface area contributed by atoms with E-state index in [2.05, 4.69) is 115 Å². The molecule has 2 radical (unpaired) electrons. The van der Waals surface area contributed by atoms with Gasteiger partial charge in [-0.1, -0.05) is 107 Å². The molecule has 3 heteroatoms. The second kappa shape index (κ2) is 12.4. The SMILES string of the molecule is [Cl][Ge]([c]1ccccc1)[c]1ccccc1.c1ccc([Si](c2ccccc2)c2ccccc2)cc1. The van der Waals surface area contributed by atoms with Gasteiger partial charge in [-0.25, -0.2) is 0 Å². The van der Waals surface area contributed by atoms with Crippen LogP contribution in [0.25, 0.3) is 0 Å². The van der Waals surface area contributed by atoms with Crippen LogP contribution in [0.4, 0.5) is 0 Å². The minimum atomic E-state index is -1.73. The van der Waals surface area contributed by atoms with Crippen molar-refractivity contribution in [3.63, 3.8) is 0 Å². The van der Waals surface area contributed by atoms with Crippen molar-refractivity contribution >= 4 is 56.6 Å². The van der Waals surface area contributed by atoms with E-state index in [0.717, 1.165) is 0 Å². The molecule has 0 N–H and O–H groups in total. The van der Waals surface area contributed by atoms with Crippen LogP contribution in [-0.4, -0.2) is 22.2 Å². The zero-order valence-corrected chi connectivity index (χ0v) is 22.2. The van der Waals surface area contributed by atoms with Gasteiger partial charge in [0.1, 0.15) is 0 Å². The molecule has 5 rings (SSSR count). The van der Waals surface area contributed by atoms with E-state index in [0.29, 0.717) is 0 Å². The van der Waals surface area contributed by atoms with Crippen molar-refractivity contribution < 1.29 is 0 Å². The third kappa shape index (κ3) is 6.58. The van der Waals surface area contributed by atoms with E-state index in [1.165, 1.54) is 24.4 Å². The summed E-state index contributed by atoms with van der Waals surface area (Å²) in [5, 5.41) is 4.31. The van der Waals surface area contributed by atoms with Crippen molar-refractivity contribution in [3.8, 4) is 0 Å². The van der Waals surface area contributed by atoms with E-state index in [9.17, 15) is 0 Å². The van der Waals surface area contributed by atoms with E-state index < -0.39 is 22.2 Å². The van der Waals surface area contributed by atoms with Crippen LogP contribution in [-0.2, 0) is 0 Å². The molecule has 33 heavy (non-hydrogen) atoms. The smallest absolute Gasteiger partial charge is 0.0624 e. The van der Waals surface area contributed by atoms with Gasteiger partial charge in [0.2, 0.25) is 0 Å². The van der Waals surface area contributed by atoms with Crippen molar-refractivity contribution in [1.29, 1.82) is 0 Å². The fourth-order valence-corrected chi connectivity index (χ4v) is 10.3. The first-order valence-electron chi connectivity index (χ1n) is 11.0. The summed E-state index contributed by atoms with van der Waals surface area (Å²) >= 11 is -1.73. The van der Waals surface area contributed by atoms with Crippen molar-refractivity contribution in [3.05, 3.63) is 152 Å². The predicted octanol–water partition coefficient (Wildman–Crippen LogP) is 4.23. The summed E-state index contributed by atoms with van der Waals surface area (Å²) in [6, 6.07) is 53.2. The van der Waals surface area contributed by atoms with Crippen LogP contribution in [0, 0.1) is 0 Å². The minimum absolute atomic E-state index is 0.877. The number of benzene rings is 5. The molecule has 5 aromatic rings. The van der Waals surface area contributed by atoms with Crippen LogP contribution in [0.5, 0.6) is 0 Å². The minimum Gasteiger partial charge on any atom is -0.0624 e. The normalized spacial score (nSPS) is 10.5. The standard InChI is InChI=1S/C18H15Si.C12H10ClGe/c1-4-10-16(11-5-1)19(17-12-6-2-7-13-17)18-14-8-3-9-15-18;13-14(11-7-3-1-4-8-11)12-9-5-2-6-10-12/h1-15H;1-10H. The molecular formula is C30H25ClGeSi. The van der Waals surface area contributed by atoms with E-state index in [4.69, 9.17) is 10.0 Å². The average molecular weight is 522 g/mol. The first kappa shape index (κ1) is 23.3. The predicted molar refractivity (Wildman–Crippen MR) is 148 cm³/mol. The third-order valence-corrected chi connectivity index (χ3v) is 13.8. The van der Waals surface area contributed by atoms with E-state index in [-0.39, 0.29) is 0 Å². The summed E-state index contributed by atoms with van der Waals surface area (Å²) < 4.78 is 2.61. The topological polar surface area (TPSA) is 0 Å². The molecule has 0 saturated carbocycles. The molecule has 0 aliphatic heterocycles. The van der Waals surface area contributed by atoms with Gasteiger partial charge in [-0.2, -0.15) is 0 Å². The molecule has 0 fully saturated rings. The van der Waals surface area contributed by atoms with Gasteiger partial charge in [-0.15, -0.1) is 0 Å². The van der Waals surface area contributed by atoms with Crippen molar-refractivity contribution in [1.82, 2.24) is 0 Å². The molecule has 0 unspecified atom stereocenters. The largest absolute Gasteiger partial charge is 0.154 e. The summed E-state index contributed by atoms with van der Waals surface area (Å²) in [4.78, 5) is 0. The van der Waals surface area contributed by atoms with Crippen LogP contribution < -0.4 is 24.4 Å². The zero-order chi connectivity index (χ0) is 22.7. The van der Waals surface area contributed by atoms with Crippen LogP contribution in [0.1, 0.15) is 0 Å². The average Bonchev–Trinajstić information content (AvgIpc) is 2.92. The molecule has 160 valence electrons. The zero-order valence-electron chi connectivity index (χ0n) is 18.3. The van der Waals surface area contributed by atoms with Gasteiger partial charge in [-0.3, -0.25) is 0 Å². The Morgan fingerprint density at radius 3 is 0.879 bits per heavy atom. The Morgan fingerprint density at radius 1 is 0.364 bits per heavy atom. The van der Waals surface area contributed by atoms with Gasteiger partial charge in [0.05, 0.1) is 0 Å². The Bertz CT molecular complexity index is 1070. The number of hydrogen-bond donors (Lipinski definition) is 0. The molecule has 5 aromatic carbocycles. The Kier molecular flexibility index (Phi) is 8.76. The fourth-order valence-electron chi connectivity index (χ4n) is 3.65. The first-order valence-corrected chi connectivity index (χ1v) is 17.3. The van der Waals surface area contributed by atoms with Gasteiger partial charge in [0, 0.05) is 0 Å². The number of hydrogen-bond acceptors (Lipinski definition) is 0. The third-order valence-electron chi connectivity index (χ3n) is 5.24. The summed E-state index contributed by atoms with van der Waals surface area (Å²) in [6.07, 6.45) is 0. The van der Waals surface area contributed by atoms with Gasteiger partial charge in [0.15, 0.2) is 8.80 Å². The molecule has 0 heterocycles. The van der Waals surface area contributed by atoms with E-state index >= 15 is 0 Å². The second-order valence-electron chi connectivity index (χ2n) is 7.52. The molecule has 0 aliphatic rings. The molecule has 0 nitrogen and oxygen atoms in total. The quantitative estimate of drug-likeness (QED) is 0.240. The van der Waals surface area contributed by atoms with Crippen LogP contribution >= 0.6 is 10.0 Å². The van der Waals surface area contributed by atoms with Gasteiger partial charge >= 0.3 is 92.9 Å². The van der Waals surface area contributed by atoms with Crippen LogP contribution in [0.2, 0.25) is 0 Å². The first-order chi connectivity index (χ1) is 16.3. The molecule has 0 atom stereocenters. The van der Waals surface area contributed by atoms with Crippen LogP contribution in [0.3, 0.4) is 0 Å². The molecular weight excluding hydrogens is 496 g/mol. The Morgan fingerprint density at radius 2 is 0.606 bits per heavy atom. The fraction of sp³-hybridized carbons (Fsp3) is 0. The summed E-state index contributed by atoms with van der Waals surface area (Å²) in [6.45, 7) is 0. The maximum atomic E-state index is 6.50. The van der Waals surface area contributed by atoms with Gasteiger partial charge in [-0.05, 0) is 0 Å². The molecule has 0 saturated heterocycles. The molecule has 0 aliphatic carbocycles. The molecule has 0 amide bonds.